The van der Waals surface area contributed by atoms with Gasteiger partial charge < -0.3 is 4.57 Å². The van der Waals surface area contributed by atoms with Gasteiger partial charge in [0.15, 0.2) is 17.5 Å². The molecule has 310 valence electrons. The van der Waals surface area contributed by atoms with Crippen LogP contribution in [0.5, 0.6) is 0 Å². The third kappa shape index (κ3) is 6.76. The predicted molar refractivity (Wildman–Crippen MR) is 244 cm³/mol. The van der Waals surface area contributed by atoms with Crippen molar-refractivity contribution in [2.75, 3.05) is 0 Å². The Kier molecular flexibility index (Phi) is 9.21. The molecule has 8 aromatic carbocycles. The number of fused-ring (bicyclic) bond motifs is 6. The van der Waals surface area contributed by atoms with Crippen molar-refractivity contribution in [1.29, 1.82) is 0 Å². The van der Waals surface area contributed by atoms with Crippen LogP contribution in [-0.4, -0.2) is 19.5 Å². The quantitative estimate of drug-likeness (QED) is 0.156. The molecule has 0 atom stereocenters. The first-order valence-electron chi connectivity index (χ1n) is 20.2. The maximum Gasteiger partial charge on any atom is 0.417 e. The molecule has 3 heterocycles. The molecule has 0 aliphatic rings. The van der Waals surface area contributed by atoms with Crippen LogP contribution in [0.1, 0.15) is 11.1 Å². The highest BCUT2D eigenvalue weighted by molar-refractivity contribution is 7.25. The summed E-state index contributed by atoms with van der Waals surface area (Å²) in [5.41, 5.74) is 3.33. The van der Waals surface area contributed by atoms with Crippen LogP contribution in [-0.2, 0) is 12.4 Å². The molecular formula is C53H30F6N4S. The Labute approximate surface area is 365 Å². The van der Waals surface area contributed by atoms with Crippen LogP contribution in [0, 0.1) is 0 Å². The summed E-state index contributed by atoms with van der Waals surface area (Å²) in [5.74, 6) is 1.33. The minimum Gasteiger partial charge on any atom is -0.309 e. The van der Waals surface area contributed by atoms with Crippen LogP contribution in [0.3, 0.4) is 0 Å². The van der Waals surface area contributed by atoms with Crippen LogP contribution in [0.15, 0.2) is 182 Å². The van der Waals surface area contributed by atoms with Crippen molar-refractivity contribution in [2.45, 2.75) is 12.4 Å². The summed E-state index contributed by atoms with van der Waals surface area (Å²) in [5, 5.41) is 3.60. The van der Waals surface area contributed by atoms with E-state index in [2.05, 4.69) is 42.5 Å². The molecular weight excluding hydrogens is 839 g/mol. The van der Waals surface area contributed by atoms with E-state index in [4.69, 9.17) is 15.0 Å². The summed E-state index contributed by atoms with van der Waals surface area (Å²) in [6, 6.07) is 54.3. The van der Waals surface area contributed by atoms with E-state index >= 15 is 0 Å². The van der Waals surface area contributed by atoms with Crippen molar-refractivity contribution in [2.24, 2.45) is 0 Å². The van der Waals surface area contributed by atoms with Crippen LogP contribution in [0.4, 0.5) is 26.3 Å². The number of aromatic nitrogens is 4. The van der Waals surface area contributed by atoms with Gasteiger partial charge in [0.25, 0.3) is 0 Å². The molecule has 0 fully saturated rings. The number of alkyl halides is 6. The van der Waals surface area contributed by atoms with E-state index in [0.717, 1.165) is 54.7 Å². The number of para-hydroxylation sites is 1. The number of rotatable bonds is 6. The largest absolute Gasteiger partial charge is 0.417 e. The molecule has 11 rings (SSSR count). The highest BCUT2D eigenvalue weighted by Gasteiger charge is 2.38. The zero-order chi connectivity index (χ0) is 43.7. The summed E-state index contributed by atoms with van der Waals surface area (Å²) >= 11 is 1.73. The minimum absolute atomic E-state index is 0.126. The molecule has 0 saturated heterocycles. The van der Waals surface area contributed by atoms with E-state index in [9.17, 15) is 26.3 Å². The second-order valence-electron chi connectivity index (χ2n) is 15.4. The SMILES string of the molecule is FC(F)(F)c1ccc(-c2ccc3c(c2)c2ccccc2n3-c2ccc(-c3cccc4sc5ccccc5c34)cc2-c2nc(-c3ccccc3)nc(-c3ccccc3)n2)c(C(F)(F)F)c1. The van der Waals surface area contributed by atoms with Gasteiger partial charge in [0.1, 0.15) is 0 Å². The standard InChI is InChI=1S/C53H30F6N4S/c54-52(55,56)35-24-25-36(42(30-35)53(57,58)59)33-22-26-44-40(28-33)38-16-7-9-19-43(38)63(44)45-27-23-34(37-18-11-21-47-48(37)39-17-8-10-20-46(39)64-47)29-41(45)51-61-49(31-12-3-1-4-13-31)60-50(62-51)32-14-5-2-6-15-32/h1-30H. The zero-order valence-electron chi connectivity index (χ0n) is 33.3. The molecule has 0 aliphatic carbocycles. The summed E-state index contributed by atoms with van der Waals surface area (Å²) in [6.45, 7) is 0. The molecule has 11 heteroatoms. The second-order valence-corrected chi connectivity index (χ2v) is 16.5. The fourth-order valence-electron chi connectivity index (χ4n) is 8.63. The van der Waals surface area contributed by atoms with Crippen molar-refractivity contribution in [3.63, 3.8) is 0 Å². The molecule has 0 saturated carbocycles. The molecule has 4 nitrogen and oxygen atoms in total. The number of thiophene rings is 1. The van der Waals surface area contributed by atoms with Gasteiger partial charge >= 0.3 is 12.4 Å². The molecule has 0 spiro atoms. The van der Waals surface area contributed by atoms with Gasteiger partial charge in [-0.1, -0.05) is 127 Å². The van der Waals surface area contributed by atoms with Crippen LogP contribution in [0.25, 0.3) is 104 Å². The normalized spacial score (nSPS) is 12.2. The molecule has 0 bridgehead atoms. The Balaban J connectivity index is 1.19. The van der Waals surface area contributed by atoms with E-state index in [0.29, 0.717) is 45.7 Å². The van der Waals surface area contributed by atoms with E-state index in [1.807, 2.05) is 108 Å². The predicted octanol–water partition coefficient (Wildman–Crippen LogP) is 15.7. The first-order chi connectivity index (χ1) is 31.0. The van der Waals surface area contributed by atoms with Crippen LogP contribution < -0.4 is 0 Å². The van der Waals surface area contributed by atoms with Gasteiger partial charge in [0.2, 0.25) is 0 Å². The lowest BCUT2D eigenvalue weighted by atomic mass is 9.95. The molecule has 0 radical (unpaired) electrons. The average Bonchev–Trinajstić information content (AvgIpc) is 3.87. The van der Waals surface area contributed by atoms with Crippen molar-refractivity contribution in [3.05, 3.63) is 193 Å². The topological polar surface area (TPSA) is 43.6 Å². The van der Waals surface area contributed by atoms with Gasteiger partial charge in [-0.25, -0.2) is 15.0 Å². The zero-order valence-corrected chi connectivity index (χ0v) is 34.1. The van der Waals surface area contributed by atoms with E-state index in [-0.39, 0.29) is 17.2 Å². The Bertz CT molecular complexity index is 3540. The summed E-state index contributed by atoms with van der Waals surface area (Å²) < 4.78 is 88.8. The Morgan fingerprint density at radius 1 is 0.391 bits per heavy atom. The lowest BCUT2D eigenvalue weighted by molar-refractivity contribution is -0.142. The maximum absolute atomic E-state index is 14.5. The van der Waals surface area contributed by atoms with Crippen LogP contribution >= 0.6 is 11.3 Å². The molecule has 3 aromatic heterocycles. The number of hydrogen-bond acceptors (Lipinski definition) is 4. The van der Waals surface area contributed by atoms with Gasteiger partial charge in [0, 0.05) is 47.6 Å². The lowest BCUT2D eigenvalue weighted by Crippen LogP contribution is -2.12. The third-order valence-electron chi connectivity index (χ3n) is 11.5. The van der Waals surface area contributed by atoms with Gasteiger partial charge in [-0.05, 0) is 76.9 Å². The fraction of sp³-hybridized carbons (Fsp3) is 0.0377. The van der Waals surface area contributed by atoms with Crippen LogP contribution in [0.2, 0.25) is 0 Å². The van der Waals surface area contributed by atoms with E-state index < -0.39 is 23.5 Å². The van der Waals surface area contributed by atoms with Crippen molar-refractivity contribution in [1.82, 2.24) is 19.5 Å². The minimum atomic E-state index is -5.04. The second kappa shape index (κ2) is 15.0. The average molecular weight is 869 g/mol. The molecule has 0 N–H and O–H groups in total. The summed E-state index contributed by atoms with van der Waals surface area (Å²) in [4.78, 5) is 15.3. The lowest BCUT2D eigenvalue weighted by Gasteiger charge is -2.17. The van der Waals surface area contributed by atoms with Gasteiger partial charge in [-0.15, -0.1) is 11.3 Å². The first kappa shape index (κ1) is 39.2. The fourth-order valence-corrected chi connectivity index (χ4v) is 9.76. The smallest absolute Gasteiger partial charge is 0.309 e. The number of benzene rings is 8. The van der Waals surface area contributed by atoms with E-state index in [1.165, 1.54) is 10.8 Å². The molecule has 0 unspecified atom stereocenters. The molecule has 0 amide bonds. The molecule has 11 aromatic rings. The first-order valence-corrected chi connectivity index (χ1v) is 21.1. The number of nitrogens with zero attached hydrogens (tertiary/aromatic N) is 4. The van der Waals surface area contributed by atoms with E-state index in [1.54, 1.807) is 23.5 Å². The maximum atomic E-state index is 14.5. The summed E-state index contributed by atoms with van der Waals surface area (Å²) in [6.07, 6.45) is -9.99. The van der Waals surface area contributed by atoms with Gasteiger partial charge in [-0.2, -0.15) is 26.3 Å². The number of halogens is 6. The Hall–Kier alpha value is -7.63. The highest BCUT2D eigenvalue weighted by Crippen LogP contribution is 2.45. The number of hydrogen-bond donors (Lipinski definition) is 0. The molecule has 64 heavy (non-hydrogen) atoms. The van der Waals surface area contributed by atoms with Crippen molar-refractivity contribution >= 4 is 53.3 Å². The van der Waals surface area contributed by atoms with Crippen molar-refractivity contribution < 1.29 is 26.3 Å². The molecule has 0 aliphatic heterocycles. The summed E-state index contributed by atoms with van der Waals surface area (Å²) in [7, 11) is 0. The Morgan fingerprint density at radius 3 is 1.69 bits per heavy atom. The van der Waals surface area contributed by atoms with Gasteiger partial charge in [0.05, 0.1) is 27.8 Å². The van der Waals surface area contributed by atoms with Crippen molar-refractivity contribution in [3.8, 4) is 62.1 Å². The third-order valence-corrected chi connectivity index (χ3v) is 12.7. The monoisotopic (exact) mass is 868 g/mol. The van der Waals surface area contributed by atoms with Gasteiger partial charge in [-0.3, -0.25) is 0 Å². The highest BCUT2D eigenvalue weighted by atomic mass is 32.1. The Morgan fingerprint density at radius 2 is 0.984 bits per heavy atom.